The molecular weight excluding hydrogens is 206 g/mol. The maximum absolute atomic E-state index is 11.7. The summed E-state index contributed by atoms with van der Waals surface area (Å²) in [4.78, 5) is 11.7. The van der Waals surface area contributed by atoms with E-state index in [0.717, 1.165) is 0 Å². The highest BCUT2D eigenvalue weighted by atomic mass is 16.5. The summed E-state index contributed by atoms with van der Waals surface area (Å²) >= 11 is 0. The second-order valence-corrected chi connectivity index (χ2v) is 4.70. The van der Waals surface area contributed by atoms with Crippen molar-refractivity contribution in [1.29, 1.82) is 0 Å². The molecule has 96 valence electrons. The van der Waals surface area contributed by atoms with E-state index >= 15 is 0 Å². The van der Waals surface area contributed by atoms with E-state index in [-0.39, 0.29) is 12.5 Å². The first-order chi connectivity index (χ1) is 7.46. The highest BCUT2D eigenvalue weighted by Crippen LogP contribution is 2.21. The van der Waals surface area contributed by atoms with Crippen molar-refractivity contribution in [2.75, 3.05) is 26.4 Å². The number of esters is 1. The molecule has 1 unspecified atom stereocenters. The Morgan fingerprint density at radius 3 is 2.50 bits per heavy atom. The summed E-state index contributed by atoms with van der Waals surface area (Å²) in [6.45, 7) is 9.74. The van der Waals surface area contributed by atoms with Crippen molar-refractivity contribution in [2.45, 2.75) is 34.1 Å². The zero-order valence-electron chi connectivity index (χ0n) is 10.9. The maximum atomic E-state index is 11.7. The van der Waals surface area contributed by atoms with Crippen molar-refractivity contribution in [1.82, 2.24) is 0 Å². The molecule has 0 saturated carbocycles. The SMILES string of the molecule is CCOC(=O)C(C)(CN)CCOCC(C)C. The lowest BCUT2D eigenvalue weighted by Gasteiger charge is -2.25. The van der Waals surface area contributed by atoms with E-state index in [9.17, 15) is 4.79 Å². The smallest absolute Gasteiger partial charge is 0.313 e. The predicted octanol–water partition coefficient (Wildman–Crippen LogP) is 1.58. The van der Waals surface area contributed by atoms with Gasteiger partial charge in [0.2, 0.25) is 0 Å². The highest BCUT2D eigenvalue weighted by molar-refractivity contribution is 5.76. The molecule has 0 aliphatic rings. The molecule has 0 amide bonds. The van der Waals surface area contributed by atoms with Crippen LogP contribution in [0, 0.1) is 11.3 Å². The lowest BCUT2D eigenvalue weighted by Crippen LogP contribution is -2.38. The molecule has 0 aromatic heterocycles. The molecule has 0 radical (unpaired) electrons. The monoisotopic (exact) mass is 231 g/mol. The fourth-order valence-corrected chi connectivity index (χ4v) is 1.21. The molecule has 1 atom stereocenters. The van der Waals surface area contributed by atoms with Gasteiger partial charge >= 0.3 is 5.97 Å². The minimum absolute atomic E-state index is 0.231. The molecule has 2 N–H and O–H groups in total. The number of nitrogens with two attached hydrogens (primary N) is 1. The molecule has 0 heterocycles. The molecule has 0 bridgehead atoms. The van der Waals surface area contributed by atoms with Gasteiger partial charge in [0.1, 0.15) is 0 Å². The molecule has 16 heavy (non-hydrogen) atoms. The molecule has 0 aliphatic heterocycles. The van der Waals surface area contributed by atoms with Crippen LogP contribution in [-0.2, 0) is 14.3 Å². The number of rotatable bonds is 8. The van der Waals surface area contributed by atoms with Crippen molar-refractivity contribution in [2.24, 2.45) is 17.1 Å². The molecule has 0 fully saturated rings. The van der Waals surface area contributed by atoms with Crippen LogP contribution in [0.5, 0.6) is 0 Å². The van der Waals surface area contributed by atoms with Gasteiger partial charge in [-0.05, 0) is 26.2 Å². The van der Waals surface area contributed by atoms with Crippen molar-refractivity contribution in [3.63, 3.8) is 0 Å². The Bertz CT molecular complexity index is 206. The summed E-state index contributed by atoms with van der Waals surface area (Å²) in [7, 11) is 0. The molecule has 4 heteroatoms. The fraction of sp³-hybridized carbons (Fsp3) is 0.917. The summed E-state index contributed by atoms with van der Waals surface area (Å²) in [5.74, 6) is 0.275. The molecule has 0 rings (SSSR count). The average Bonchev–Trinajstić information content (AvgIpc) is 2.24. The van der Waals surface area contributed by atoms with Gasteiger partial charge in [0.15, 0.2) is 0 Å². The third-order valence-electron chi connectivity index (χ3n) is 2.47. The van der Waals surface area contributed by atoms with Crippen LogP contribution in [0.25, 0.3) is 0 Å². The van der Waals surface area contributed by atoms with Gasteiger partial charge in [-0.3, -0.25) is 4.79 Å². The Hall–Kier alpha value is -0.610. The Labute approximate surface area is 98.5 Å². The number of carbonyl (C=O) groups excluding carboxylic acids is 1. The maximum Gasteiger partial charge on any atom is 0.313 e. The number of hydrogen-bond acceptors (Lipinski definition) is 4. The van der Waals surface area contributed by atoms with Crippen LogP contribution in [0.15, 0.2) is 0 Å². The molecule has 0 saturated heterocycles. The molecule has 0 aliphatic carbocycles. The number of carbonyl (C=O) groups is 1. The highest BCUT2D eigenvalue weighted by Gasteiger charge is 2.32. The Morgan fingerprint density at radius 1 is 1.44 bits per heavy atom. The quantitative estimate of drug-likeness (QED) is 0.509. The van der Waals surface area contributed by atoms with E-state index in [0.29, 0.717) is 32.2 Å². The van der Waals surface area contributed by atoms with E-state index in [1.54, 1.807) is 6.92 Å². The normalized spacial score (nSPS) is 14.9. The molecule has 0 spiro atoms. The third kappa shape index (κ3) is 5.47. The van der Waals surface area contributed by atoms with E-state index < -0.39 is 5.41 Å². The number of ether oxygens (including phenoxy) is 2. The third-order valence-corrected chi connectivity index (χ3v) is 2.47. The summed E-state index contributed by atoms with van der Waals surface area (Å²) < 4.78 is 10.5. The average molecular weight is 231 g/mol. The van der Waals surface area contributed by atoms with Crippen molar-refractivity contribution < 1.29 is 14.3 Å². The van der Waals surface area contributed by atoms with Crippen LogP contribution in [0.4, 0.5) is 0 Å². The largest absolute Gasteiger partial charge is 0.466 e. The van der Waals surface area contributed by atoms with Crippen LogP contribution < -0.4 is 5.73 Å². The zero-order chi connectivity index (χ0) is 12.6. The first-order valence-corrected chi connectivity index (χ1v) is 5.91. The fourth-order valence-electron chi connectivity index (χ4n) is 1.21. The molecule has 0 aromatic carbocycles. The van der Waals surface area contributed by atoms with Gasteiger partial charge in [-0.2, -0.15) is 0 Å². The van der Waals surface area contributed by atoms with Crippen LogP contribution >= 0.6 is 0 Å². The second-order valence-electron chi connectivity index (χ2n) is 4.70. The van der Waals surface area contributed by atoms with E-state index in [1.165, 1.54) is 0 Å². The minimum Gasteiger partial charge on any atom is -0.466 e. The van der Waals surface area contributed by atoms with Gasteiger partial charge < -0.3 is 15.2 Å². The van der Waals surface area contributed by atoms with Crippen molar-refractivity contribution in [3.8, 4) is 0 Å². The lowest BCUT2D eigenvalue weighted by molar-refractivity contribution is -0.155. The summed E-state index contributed by atoms with van der Waals surface area (Å²) in [5.41, 5.74) is 5.01. The van der Waals surface area contributed by atoms with Gasteiger partial charge in [-0.1, -0.05) is 13.8 Å². The van der Waals surface area contributed by atoms with Crippen LogP contribution in [0.2, 0.25) is 0 Å². The van der Waals surface area contributed by atoms with Crippen LogP contribution in [-0.4, -0.2) is 32.3 Å². The van der Waals surface area contributed by atoms with Gasteiger partial charge in [0, 0.05) is 19.8 Å². The Morgan fingerprint density at radius 2 is 2.06 bits per heavy atom. The first kappa shape index (κ1) is 15.4. The second kappa shape index (κ2) is 7.63. The summed E-state index contributed by atoms with van der Waals surface area (Å²) in [5, 5.41) is 0. The van der Waals surface area contributed by atoms with E-state index in [4.69, 9.17) is 15.2 Å². The topological polar surface area (TPSA) is 61.5 Å². The standard InChI is InChI=1S/C12H25NO3/c1-5-16-11(14)12(4,9-13)6-7-15-8-10(2)3/h10H,5-9,13H2,1-4H3. The summed E-state index contributed by atoms with van der Waals surface area (Å²) in [6.07, 6.45) is 0.606. The molecular formula is C12H25NO3. The van der Waals surface area contributed by atoms with Crippen LogP contribution in [0.1, 0.15) is 34.1 Å². The summed E-state index contributed by atoms with van der Waals surface area (Å²) in [6, 6.07) is 0. The van der Waals surface area contributed by atoms with Gasteiger partial charge in [-0.15, -0.1) is 0 Å². The van der Waals surface area contributed by atoms with Crippen LogP contribution in [0.3, 0.4) is 0 Å². The predicted molar refractivity (Wildman–Crippen MR) is 64.1 cm³/mol. The lowest BCUT2D eigenvalue weighted by atomic mass is 9.87. The van der Waals surface area contributed by atoms with E-state index in [2.05, 4.69) is 13.8 Å². The molecule has 4 nitrogen and oxygen atoms in total. The van der Waals surface area contributed by atoms with Crippen molar-refractivity contribution in [3.05, 3.63) is 0 Å². The Kier molecular flexibility index (Phi) is 7.34. The Balaban J connectivity index is 4.01. The zero-order valence-corrected chi connectivity index (χ0v) is 10.9. The van der Waals surface area contributed by atoms with Gasteiger partial charge in [-0.25, -0.2) is 0 Å². The number of hydrogen-bond donors (Lipinski definition) is 1. The van der Waals surface area contributed by atoms with E-state index in [1.807, 2.05) is 6.92 Å². The first-order valence-electron chi connectivity index (χ1n) is 5.91. The minimum atomic E-state index is -0.618. The van der Waals surface area contributed by atoms with Gasteiger partial charge in [0.25, 0.3) is 0 Å². The molecule has 0 aromatic rings. The van der Waals surface area contributed by atoms with Gasteiger partial charge in [0.05, 0.1) is 12.0 Å². The van der Waals surface area contributed by atoms with Crippen molar-refractivity contribution >= 4 is 5.97 Å².